The van der Waals surface area contributed by atoms with E-state index in [0.29, 0.717) is 26.2 Å². The lowest BCUT2D eigenvalue weighted by atomic mass is 10.3. The Bertz CT molecular complexity index is 470. The molecule has 5 heteroatoms. The first-order valence-corrected chi connectivity index (χ1v) is 4.57. The Balaban J connectivity index is 2.81. The number of hydrogen-bond acceptors (Lipinski definition) is 2. The van der Waals surface area contributed by atoms with E-state index < -0.39 is 0 Å². The van der Waals surface area contributed by atoms with Gasteiger partial charge in [0.05, 0.1) is 27.3 Å². The van der Waals surface area contributed by atoms with Gasteiger partial charge >= 0.3 is 0 Å². The summed E-state index contributed by atoms with van der Waals surface area (Å²) < 4.78 is 0. The first-order chi connectivity index (χ1) is 6.16. The van der Waals surface area contributed by atoms with E-state index in [1.54, 1.807) is 12.1 Å². The number of nitrogens with zero attached hydrogens (tertiary/aromatic N) is 2. The van der Waals surface area contributed by atoms with Crippen LogP contribution in [0.4, 0.5) is 0 Å². The van der Waals surface area contributed by atoms with Crippen LogP contribution in [0.25, 0.3) is 11.0 Å². The molecule has 0 saturated carbocycles. The molecule has 0 aliphatic heterocycles. The lowest BCUT2D eigenvalue weighted by molar-refractivity contribution is 1.29. The van der Waals surface area contributed by atoms with E-state index in [0.717, 1.165) is 0 Å². The minimum Gasteiger partial charge on any atom is -0.251 e. The van der Waals surface area contributed by atoms with Gasteiger partial charge in [-0.1, -0.05) is 34.8 Å². The van der Waals surface area contributed by atoms with Crippen molar-refractivity contribution in [3.8, 4) is 0 Å². The van der Waals surface area contributed by atoms with Gasteiger partial charge in [-0.15, -0.1) is 0 Å². The molecule has 0 radical (unpaired) electrons. The lowest BCUT2D eigenvalue weighted by Crippen LogP contribution is -1.84. The van der Waals surface area contributed by atoms with Gasteiger partial charge in [0.15, 0.2) is 0 Å². The summed E-state index contributed by atoms with van der Waals surface area (Å²) in [6, 6.07) is 3.29. The molecule has 1 heterocycles. The second kappa shape index (κ2) is 3.29. The van der Waals surface area contributed by atoms with E-state index >= 15 is 0 Å². The molecule has 1 aromatic heterocycles. The number of benzene rings is 1. The molecule has 0 atom stereocenters. The average molecular weight is 233 g/mol. The van der Waals surface area contributed by atoms with Gasteiger partial charge in [0.1, 0.15) is 5.15 Å². The Morgan fingerprint density at radius 2 is 1.54 bits per heavy atom. The normalized spacial score (nSPS) is 10.7. The van der Waals surface area contributed by atoms with Crippen LogP contribution in [0.1, 0.15) is 0 Å². The molecule has 0 unspecified atom stereocenters. The van der Waals surface area contributed by atoms with Crippen molar-refractivity contribution in [3.63, 3.8) is 0 Å². The third-order valence-electron chi connectivity index (χ3n) is 1.55. The number of rotatable bonds is 0. The predicted molar refractivity (Wildman–Crippen MR) is 54.6 cm³/mol. The summed E-state index contributed by atoms with van der Waals surface area (Å²) in [4.78, 5) is 8.08. The van der Waals surface area contributed by atoms with Gasteiger partial charge in [0.25, 0.3) is 0 Å². The number of hydrogen-bond donors (Lipinski definition) is 0. The van der Waals surface area contributed by atoms with Crippen LogP contribution in [0.3, 0.4) is 0 Å². The van der Waals surface area contributed by atoms with Crippen LogP contribution in [0.5, 0.6) is 0 Å². The SMILES string of the molecule is Clc1cnc2cc(Cl)c(Cl)cc2n1. The van der Waals surface area contributed by atoms with Crippen LogP contribution >= 0.6 is 34.8 Å². The van der Waals surface area contributed by atoms with E-state index in [1.165, 1.54) is 6.20 Å². The maximum atomic E-state index is 5.80. The molecule has 66 valence electrons. The van der Waals surface area contributed by atoms with Crippen LogP contribution < -0.4 is 0 Å². The largest absolute Gasteiger partial charge is 0.251 e. The summed E-state index contributed by atoms with van der Waals surface area (Å²) in [5.41, 5.74) is 1.32. The molecule has 0 aliphatic carbocycles. The summed E-state index contributed by atoms with van der Waals surface area (Å²) in [6.07, 6.45) is 1.47. The zero-order valence-corrected chi connectivity index (χ0v) is 8.53. The Morgan fingerprint density at radius 1 is 0.923 bits per heavy atom. The van der Waals surface area contributed by atoms with Crippen molar-refractivity contribution < 1.29 is 0 Å². The van der Waals surface area contributed by atoms with Gasteiger partial charge in [-0.3, -0.25) is 4.98 Å². The molecule has 0 bridgehead atoms. The maximum Gasteiger partial charge on any atom is 0.148 e. The second-order valence-electron chi connectivity index (χ2n) is 2.45. The number of aromatic nitrogens is 2. The molecule has 2 aromatic rings. The summed E-state index contributed by atoms with van der Waals surface area (Å²) in [5.74, 6) is 0. The summed E-state index contributed by atoms with van der Waals surface area (Å²) in [5, 5.41) is 1.25. The Hall–Kier alpha value is -0.570. The number of halogens is 3. The molecule has 1 aromatic carbocycles. The van der Waals surface area contributed by atoms with Gasteiger partial charge in [-0.25, -0.2) is 4.98 Å². The van der Waals surface area contributed by atoms with Crippen molar-refractivity contribution >= 4 is 45.8 Å². The van der Waals surface area contributed by atoms with Crippen LogP contribution in [0.2, 0.25) is 15.2 Å². The van der Waals surface area contributed by atoms with Crippen molar-refractivity contribution in [3.05, 3.63) is 33.5 Å². The molecular formula is C8H3Cl3N2. The molecule has 0 saturated heterocycles. The van der Waals surface area contributed by atoms with Gasteiger partial charge in [0, 0.05) is 0 Å². The maximum absolute atomic E-state index is 5.80. The summed E-state index contributed by atoms with van der Waals surface area (Å²) >= 11 is 17.3. The molecule has 0 N–H and O–H groups in total. The van der Waals surface area contributed by atoms with Gasteiger partial charge in [-0.05, 0) is 12.1 Å². The molecule has 0 spiro atoms. The van der Waals surface area contributed by atoms with E-state index in [1.807, 2.05) is 0 Å². The topological polar surface area (TPSA) is 25.8 Å². The molecule has 2 nitrogen and oxygen atoms in total. The Morgan fingerprint density at radius 3 is 2.23 bits per heavy atom. The van der Waals surface area contributed by atoms with Gasteiger partial charge < -0.3 is 0 Å². The molecule has 2 rings (SSSR count). The average Bonchev–Trinajstić information content (AvgIpc) is 2.08. The fraction of sp³-hybridized carbons (Fsp3) is 0. The zero-order valence-electron chi connectivity index (χ0n) is 6.26. The van der Waals surface area contributed by atoms with Crippen LogP contribution in [-0.4, -0.2) is 9.97 Å². The molecule has 0 aliphatic rings. The minimum absolute atomic E-state index is 0.339. The van der Waals surface area contributed by atoms with E-state index in [2.05, 4.69) is 9.97 Å². The van der Waals surface area contributed by atoms with Crippen molar-refractivity contribution in [1.29, 1.82) is 0 Å². The van der Waals surface area contributed by atoms with Crippen molar-refractivity contribution in [2.45, 2.75) is 0 Å². The third kappa shape index (κ3) is 1.70. The summed E-state index contributed by atoms with van der Waals surface area (Å²) in [7, 11) is 0. The smallest absolute Gasteiger partial charge is 0.148 e. The third-order valence-corrected chi connectivity index (χ3v) is 2.46. The van der Waals surface area contributed by atoms with Crippen molar-refractivity contribution in [1.82, 2.24) is 9.97 Å². The van der Waals surface area contributed by atoms with Crippen LogP contribution in [0.15, 0.2) is 18.3 Å². The Labute approximate surface area is 89.5 Å². The highest BCUT2D eigenvalue weighted by molar-refractivity contribution is 6.42. The quantitative estimate of drug-likeness (QED) is 0.695. The first-order valence-electron chi connectivity index (χ1n) is 3.44. The van der Waals surface area contributed by atoms with Crippen LogP contribution in [0, 0.1) is 0 Å². The highest BCUT2D eigenvalue weighted by Gasteiger charge is 2.03. The zero-order chi connectivity index (χ0) is 9.42. The molecule has 0 amide bonds. The predicted octanol–water partition coefficient (Wildman–Crippen LogP) is 3.59. The highest BCUT2D eigenvalue weighted by Crippen LogP contribution is 2.26. The van der Waals surface area contributed by atoms with E-state index in [-0.39, 0.29) is 0 Å². The minimum atomic E-state index is 0.339. The number of fused-ring (bicyclic) bond motifs is 1. The second-order valence-corrected chi connectivity index (χ2v) is 3.65. The first kappa shape index (κ1) is 9.00. The van der Waals surface area contributed by atoms with Crippen LogP contribution in [-0.2, 0) is 0 Å². The van der Waals surface area contributed by atoms with Gasteiger partial charge in [-0.2, -0.15) is 0 Å². The highest BCUT2D eigenvalue weighted by atomic mass is 35.5. The molecule has 13 heavy (non-hydrogen) atoms. The standard InChI is InChI=1S/C8H3Cl3N2/c9-4-1-6-7(2-5(4)10)13-8(11)3-12-6/h1-3H. The Kier molecular flexibility index (Phi) is 2.28. The van der Waals surface area contributed by atoms with E-state index in [9.17, 15) is 0 Å². The summed E-state index contributed by atoms with van der Waals surface area (Å²) in [6.45, 7) is 0. The van der Waals surface area contributed by atoms with E-state index in [4.69, 9.17) is 34.8 Å². The van der Waals surface area contributed by atoms with Crippen molar-refractivity contribution in [2.24, 2.45) is 0 Å². The monoisotopic (exact) mass is 232 g/mol. The lowest BCUT2D eigenvalue weighted by Gasteiger charge is -1.99. The fourth-order valence-corrected chi connectivity index (χ4v) is 1.44. The van der Waals surface area contributed by atoms with Gasteiger partial charge in [0.2, 0.25) is 0 Å². The fourth-order valence-electron chi connectivity index (χ4n) is 0.986. The molecule has 0 fully saturated rings. The molecular weight excluding hydrogens is 230 g/mol. The van der Waals surface area contributed by atoms with Crippen molar-refractivity contribution in [2.75, 3.05) is 0 Å².